The molecule has 2 aromatic rings. The molecule has 2 nitrogen and oxygen atoms in total. The largest absolute Gasteiger partial charge is 0.326 e. The molecule has 3 rings (SSSR count). The Morgan fingerprint density at radius 3 is 2.78 bits per heavy atom. The average Bonchev–Trinajstić information content (AvgIpc) is 2.76. The van der Waals surface area contributed by atoms with Gasteiger partial charge in [-0.15, -0.1) is 11.3 Å². The van der Waals surface area contributed by atoms with Crippen molar-refractivity contribution in [3.8, 4) is 10.4 Å². The van der Waals surface area contributed by atoms with Gasteiger partial charge in [0.15, 0.2) is 5.17 Å². The number of aliphatic imine (C=N–C) groups is 1. The maximum atomic E-state index is 4.53. The zero-order chi connectivity index (χ0) is 12.5. The first-order chi connectivity index (χ1) is 8.79. The van der Waals surface area contributed by atoms with Crippen molar-refractivity contribution in [1.82, 2.24) is 0 Å². The Hall–Kier alpha value is -1.26. The summed E-state index contributed by atoms with van der Waals surface area (Å²) in [5, 5.41) is 5.68. The van der Waals surface area contributed by atoms with Gasteiger partial charge in [0.05, 0.1) is 6.54 Å². The maximum absolute atomic E-state index is 4.53. The second kappa shape index (κ2) is 4.78. The van der Waals surface area contributed by atoms with E-state index in [9.17, 15) is 0 Å². The van der Waals surface area contributed by atoms with Gasteiger partial charge in [-0.3, -0.25) is 4.99 Å². The summed E-state index contributed by atoms with van der Waals surface area (Å²) in [6.07, 6.45) is 2.05. The van der Waals surface area contributed by atoms with E-state index >= 15 is 0 Å². The van der Waals surface area contributed by atoms with Crippen LogP contribution in [0.1, 0.15) is 11.1 Å². The van der Waals surface area contributed by atoms with Crippen molar-refractivity contribution in [2.24, 2.45) is 4.99 Å². The average molecular weight is 274 g/mol. The number of benzene rings is 1. The van der Waals surface area contributed by atoms with Crippen molar-refractivity contribution in [2.45, 2.75) is 13.5 Å². The molecule has 1 N–H and O–H groups in total. The highest BCUT2D eigenvalue weighted by Gasteiger charge is 2.19. The molecule has 0 atom stereocenters. The minimum absolute atomic E-state index is 0.799. The van der Waals surface area contributed by atoms with Gasteiger partial charge in [0, 0.05) is 10.4 Å². The molecule has 0 bridgehead atoms. The lowest BCUT2D eigenvalue weighted by molar-refractivity contribution is 1.05. The van der Waals surface area contributed by atoms with Crippen LogP contribution in [0.4, 0.5) is 5.00 Å². The van der Waals surface area contributed by atoms with Gasteiger partial charge in [-0.1, -0.05) is 42.1 Å². The van der Waals surface area contributed by atoms with Crippen LogP contribution in [0.5, 0.6) is 0 Å². The smallest absolute Gasteiger partial charge is 0.161 e. The number of rotatable bonds is 1. The molecule has 18 heavy (non-hydrogen) atoms. The van der Waals surface area contributed by atoms with Gasteiger partial charge in [0.25, 0.3) is 0 Å². The summed E-state index contributed by atoms with van der Waals surface area (Å²) in [4.78, 5) is 5.88. The number of amidine groups is 1. The Kier molecular flexibility index (Phi) is 3.14. The van der Waals surface area contributed by atoms with Gasteiger partial charge >= 0.3 is 0 Å². The normalized spacial score (nSPS) is 13.8. The van der Waals surface area contributed by atoms with Gasteiger partial charge < -0.3 is 5.32 Å². The Labute approximate surface area is 115 Å². The molecule has 0 radical (unpaired) electrons. The van der Waals surface area contributed by atoms with Crippen molar-refractivity contribution in [1.29, 1.82) is 0 Å². The summed E-state index contributed by atoms with van der Waals surface area (Å²) < 4.78 is 0. The van der Waals surface area contributed by atoms with Crippen LogP contribution in [0.2, 0.25) is 0 Å². The lowest BCUT2D eigenvalue weighted by atomic mass is 10.1. The highest BCUT2D eigenvalue weighted by atomic mass is 32.2. The minimum atomic E-state index is 0.799. The van der Waals surface area contributed by atoms with Gasteiger partial charge in [-0.2, -0.15) is 0 Å². The van der Waals surface area contributed by atoms with Crippen molar-refractivity contribution in [3.63, 3.8) is 0 Å². The number of anilines is 1. The second-order valence-electron chi connectivity index (χ2n) is 4.18. The Morgan fingerprint density at radius 2 is 2.06 bits per heavy atom. The zero-order valence-corrected chi connectivity index (χ0v) is 12.0. The van der Waals surface area contributed by atoms with Crippen LogP contribution in [0, 0.1) is 6.92 Å². The molecule has 0 saturated carbocycles. The van der Waals surface area contributed by atoms with Crippen molar-refractivity contribution >= 4 is 33.3 Å². The lowest BCUT2D eigenvalue weighted by Gasteiger charge is -2.13. The first-order valence-corrected chi connectivity index (χ1v) is 7.87. The van der Waals surface area contributed by atoms with Gasteiger partial charge in [0.1, 0.15) is 5.00 Å². The predicted octanol–water partition coefficient (Wildman–Crippen LogP) is 4.37. The highest BCUT2D eigenvalue weighted by molar-refractivity contribution is 8.13. The molecule has 1 aromatic heterocycles. The molecule has 0 unspecified atom stereocenters. The fourth-order valence-electron chi connectivity index (χ4n) is 2.11. The third-order valence-electron chi connectivity index (χ3n) is 3.10. The van der Waals surface area contributed by atoms with Crippen LogP contribution in [-0.2, 0) is 6.54 Å². The van der Waals surface area contributed by atoms with Crippen LogP contribution in [0.25, 0.3) is 10.4 Å². The number of fused-ring (bicyclic) bond motifs is 1. The molecule has 0 aliphatic carbocycles. The molecule has 1 aliphatic rings. The molecule has 1 aliphatic heterocycles. The monoisotopic (exact) mass is 274 g/mol. The summed E-state index contributed by atoms with van der Waals surface area (Å²) in [6, 6.07) is 10.6. The third-order valence-corrected chi connectivity index (χ3v) is 5.02. The van der Waals surface area contributed by atoms with Crippen LogP contribution in [0.15, 0.2) is 35.3 Å². The quantitative estimate of drug-likeness (QED) is 0.835. The van der Waals surface area contributed by atoms with E-state index in [2.05, 4.69) is 53.8 Å². The Balaban J connectivity index is 2.04. The first kappa shape index (κ1) is 11.8. The molecule has 1 aromatic carbocycles. The lowest BCUT2D eigenvalue weighted by Crippen LogP contribution is -2.12. The summed E-state index contributed by atoms with van der Waals surface area (Å²) in [6.45, 7) is 2.99. The van der Waals surface area contributed by atoms with Gasteiger partial charge in [0.2, 0.25) is 0 Å². The molecular weight excluding hydrogens is 260 g/mol. The summed E-state index contributed by atoms with van der Waals surface area (Å²) in [5.41, 5.74) is 4.00. The van der Waals surface area contributed by atoms with E-state index in [0.29, 0.717) is 0 Å². The molecule has 92 valence electrons. The summed E-state index contributed by atoms with van der Waals surface area (Å²) in [5.74, 6) is 0. The van der Waals surface area contributed by atoms with Crippen LogP contribution in [-0.4, -0.2) is 11.4 Å². The summed E-state index contributed by atoms with van der Waals surface area (Å²) in [7, 11) is 0. The van der Waals surface area contributed by atoms with Gasteiger partial charge in [-0.05, 0) is 24.3 Å². The number of thiophene rings is 1. The molecular formula is C14H14N2S2. The number of nitrogens with one attached hydrogen (secondary N) is 1. The van der Waals surface area contributed by atoms with Crippen LogP contribution >= 0.6 is 23.1 Å². The minimum Gasteiger partial charge on any atom is -0.326 e. The maximum Gasteiger partial charge on any atom is 0.161 e. The van der Waals surface area contributed by atoms with Crippen molar-refractivity contribution in [2.75, 3.05) is 11.6 Å². The number of thioether (sulfide) groups is 1. The SMILES string of the molecule is CSC1=NCc2c(sc(-c3ccccc3)c2C)N1. The zero-order valence-electron chi connectivity index (χ0n) is 10.4. The van der Waals surface area contributed by atoms with E-state index in [1.165, 1.54) is 26.6 Å². The van der Waals surface area contributed by atoms with E-state index in [0.717, 1.165) is 11.7 Å². The molecule has 0 amide bonds. The molecule has 0 saturated heterocycles. The van der Waals surface area contributed by atoms with E-state index in [4.69, 9.17) is 0 Å². The van der Waals surface area contributed by atoms with Crippen molar-refractivity contribution < 1.29 is 0 Å². The standard InChI is InChI=1S/C14H14N2S2/c1-9-11-8-15-14(17-2)16-13(11)18-12(9)10-6-4-3-5-7-10/h3-7H,8H2,1-2H3,(H,15,16). The Bertz CT molecular complexity index is 600. The van der Waals surface area contributed by atoms with E-state index < -0.39 is 0 Å². The van der Waals surface area contributed by atoms with E-state index in [1.807, 2.05) is 11.3 Å². The van der Waals surface area contributed by atoms with E-state index in [-0.39, 0.29) is 0 Å². The second-order valence-corrected chi connectivity index (χ2v) is 6.00. The topological polar surface area (TPSA) is 24.4 Å². The fourth-order valence-corrected chi connectivity index (χ4v) is 3.79. The molecule has 0 fully saturated rings. The predicted molar refractivity (Wildman–Crippen MR) is 82.8 cm³/mol. The van der Waals surface area contributed by atoms with E-state index in [1.54, 1.807) is 11.8 Å². The van der Waals surface area contributed by atoms with Crippen molar-refractivity contribution in [3.05, 3.63) is 41.5 Å². The number of hydrogen-bond donors (Lipinski definition) is 1. The van der Waals surface area contributed by atoms with Crippen LogP contribution < -0.4 is 5.32 Å². The third kappa shape index (κ3) is 1.95. The molecule has 0 spiro atoms. The van der Waals surface area contributed by atoms with Crippen LogP contribution in [0.3, 0.4) is 0 Å². The number of nitrogens with zero attached hydrogens (tertiary/aromatic N) is 1. The molecule has 4 heteroatoms. The summed E-state index contributed by atoms with van der Waals surface area (Å²) >= 11 is 3.49. The van der Waals surface area contributed by atoms with Gasteiger partial charge in [-0.25, -0.2) is 0 Å². The highest BCUT2D eigenvalue weighted by Crippen LogP contribution is 2.41. The molecule has 2 heterocycles. The Morgan fingerprint density at radius 1 is 1.28 bits per heavy atom. The number of hydrogen-bond acceptors (Lipinski definition) is 4. The fraction of sp³-hybridized carbons (Fsp3) is 0.214. The first-order valence-electron chi connectivity index (χ1n) is 5.82.